The van der Waals surface area contributed by atoms with Crippen LogP contribution in [0.4, 0.5) is 0 Å². The van der Waals surface area contributed by atoms with E-state index < -0.39 is 0 Å². The van der Waals surface area contributed by atoms with Gasteiger partial charge in [0.2, 0.25) is 0 Å². The molecule has 0 atom stereocenters. The van der Waals surface area contributed by atoms with Crippen LogP contribution in [0.5, 0.6) is 0 Å². The number of hydrogen-bond donors (Lipinski definition) is 0. The summed E-state index contributed by atoms with van der Waals surface area (Å²) < 4.78 is 0. The van der Waals surface area contributed by atoms with Crippen molar-refractivity contribution >= 4 is 15.9 Å². The molecule has 0 heterocycles. The van der Waals surface area contributed by atoms with E-state index in [4.69, 9.17) is 0 Å². The van der Waals surface area contributed by atoms with E-state index in [0.717, 1.165) is 17.8 Å². The minimum atomic E-state index is 0.914. The zero-order valence-electron chi connectivity index (χ0n) is 9.06. The van der Waals surface area contributed by atoms with Crippen LogP contribution in [0, 0.1) is 17.8 Å². The Bertz CT molecular complexity index is 123. The summed E-state index contributed by atoms with van der Waals surface area (Å²) in [4.78, 5) is 0. The molecule has 78 valence electrons. The van der Waals surface area contributed by atoms with Crippen LogP contribution in [0.1, 0.15) is 52.4 Å². The van der Waals surface area contributed by atoms with Crippen LogP contribution in [0.2, 0.25) is 0 Å². The van der Waals surface area contributed by atoms with E-state index >= 15 is 0 Å². The van der Waals surface area contributed by atoms with Crippen molar-refractivity contribution in [3.05, 3.63) is 0 Å². The van der Waals surface area contributed by atoms with Crippen LogP contribution in [0.25, 0.3) is 0 Å². The number of hydrogen-bond acceptors (Lipinski definition) is 0. The summed E-state index contributed by atoms with van der Waals surface area (Å²) in [5, 5.41) is 1.19. The Balaban J connectivity index is 2.15. The molecule has 13 heavy (non-hydrogen) atoms. The normalized spacial score (nSPS) is 29.5. The average Bonchev–Trinajstić information content (AvgIpc) is 2.15. The summed E-state index contributed by atoms with van der Waals surface area (Å²) in [6.45, 7) is 4.76. The molecule has 0 saturated heterocycles. The van der Waals surface area contributed by atoms with Crippen LogP contribution >= 0.6 is 15.9 Å². The van der Waals surface area contributed by atoms with Gasteiger partial charge in [0.25, 0.3) is 0 Å². The molecule has 0 nitrogen and oxygen atoms in total. The zero-order chi connectivity index (χ0) is 9.68. The molecule has 0 aromatic rings. The van der Waals surface area contributed by atoms with Crippen molar-refractivity contribution in [1.29, 1.82) is 0 Å². The molecule has 0 radical (unpaired) electrons. The highest BCUT2D eigenvalue weighted by Gasteiger charge is 2.22. The lowest BCUT2D eigenvalue weighted by Gasteiger charge is -2.30. The summed E-state index contributed by atoms with van der Waals surface area (Å²) in [5.74, 6) is 2.99. The third kappa shape index (κ3) is 4.01. The second-order valence-electron chi connectivity index (χ2n) is 4.86. The second-order valence-corrected chi connectivity index (χ2v) is 5.65. The molecule has 1 fully saturated rings. The van der Waals surface area contributed by atoms with Gasteiger partial charge in [0.05, 0.1) is 0 Å². The lowest BCUT2D eigenvalue weighted by Crippen LogP contribution is -2.18. The average molecular weight is 247 g/mol. The molecule has 0 bridgehead atoms. The van der Waals surface area contributed by atoms with E-state index in [9.17, 15) is 0 Å². The van der Waals surface area contributed by atoms with Crippen LogP contribution in [0.15, 0.2) is 0 Å². The molecule has 0 unspecified atom stereocenters. The molecular weight excluding hydrogens is 224 g/mol. The molecule has 0 N–H and O–H groups in total. The van der Waals surface area contributed by atoms with Gasteiger partial charge in [0.1, 0.15) is 0 Å². The Morgan fingerprint density at radius 1 is 1.15 bits per heavy atom. The van der Waals surface area contributed by atoms with E-state index in [1.165, 1.54) is 43.9 Å². The summed E-state index contributed by atoms with van der Waals surface area (Å²) in [6.07, 6.45) is 8.80. The van der Waals surface area contributed by atoms with Gasteiger partial charge in [-0.2, -0.15) is 0 Å². The van der Waals surface area contributed by atoms with Crippen molar-refractivity contribution in [3.8, 4) is 0 Å². The molecule has 1 aliphatic carbocycles. The lowest BCUT2D eigenvalue weighted by atomic mass is 9.76. The first-order valence-corrected chi connectivity index (χ1v) is 6.92. The Labute approximate surface area is 91.6 Å². The Hall–Kier alpha value is 0.480. The Kier molecular flexibility index (Phi) is 5.38. The third-order valence-electron chi connectivity index (χ3n) is 3.58. The maximum absolute atomic E-state index is 3.51. The summed E-state index contributed by atoms with van der Waals surface area (Å²) in [6, 6.07) is 0. The van der Waals surface area contributed by atoms with E-state index in [-0.39, 0.29) is 0 Å². The molecule has 1 heteroatoms. The van der Waals surface area contributed by atoms with E-state index in [1.807, 2.05) is 0 Å². The predicted octanol–water partition coefficient (Wildman–Crippen LogP) is 4.62. The fourth-order valence-electron chi connectivity index (χ4n) is 2.51. The van der Waals surface area contributed by atoms with Gasteiger partial charge in [-0.1, -0.05) is 42.6 Å². The molecule has 1 aliphatic rings. The maximum Gasteiger partial charge on any atom is 0.00314 e. The van der Waals surface area contributed by atoms with Gasteiger partial charge in [-0.25, -0.2) is 0 Å². The van der Waals surface area contributed by atoms with Gasteiger partial charge in [-0.05, 0) is 43.4 Å². The van der Waals surface area contributed by atoms with E-state index in [1.54, 1.807) is 0 Å². The molecule has 0 spiro atoms. The van der Waals surface area contributed by atoms with E-state index in [0.29, 0.717) is 0 Å². The maximum atomic E-state index is 3.51. The smallest absolute Gasteiger partial charge is 0.00314 e. The molecule has 0 aromatic carbocycles. The van der Waals surface area contributed by atoms with Crippen LogP contribution in [-0.2, 0) is 0 Å². The first-order chi connectivity index (χ1) is 6.24. The van der Waals surface area contributed by atoms with E-state index in [2.05, 4.69) is 29.8 Å². The number of alkyl halides is 1. The Morgan fingerprint density at radius 2 is 1.77 bits per heavy atom. The van der Waals surface area contributed by atoms with Crippen LogP contribution in [0.3, 0.4) is 0 Å². The first kappa shape index (κ1) is 11.6. The summed E-state index contributed by atoms with van der Waals surface area (Å²) in [7, 11) is 0. The van der Waals surface area contributed by atoms with Crippen molar-refractivity contribution in [2.24, 2.45) is 17.8 Å². The fourth-order valence-corrected chi connectivity index (χ4v) is 2.83. The monoisotopic (exact) mass is 246 g/mol. The lowest BCUT2D eigenvalue weighted by molar-refractivity contribution is 0.216. The Morgan fingerprint density at radius 3 is 2.23 bits per heavy atom. The molecule has 0 amide bonds. The van der Waals surface area contributed by atoms with Gasteiger partial charge >= 0.3 is 0 Å². The minimum Gasteiger partial charge on any atom is -0.0928 e. The van der Waals surface area contributed by atoms with Gasteiger partial charge in [-0.3, -0.25) is 0 Å². The van der Waals surface area contributed by atoms with Crippen LogP contribution < -0.4 is 0 Å². The number of halogens is 1. The number of rotatable bonds is 4. The summed E-state index contributed by atoms with van der Waals surface area (Å²) >= 11 is 3.51. The SMILES string of the molecule is CC(C)C1CCC(CCCBr)CC1. The zero-order valence-corrected chi connectivity index (χ0v) is 10.6. The summed E-state index contributed by atoms with van der Waals surface area (Å²) in [5.41, 5.74) is 0. The molecule has 0 aromatic heterocycles. The highest BCUT2D eigenvalue weighted by Crippen LogP contribution is 2.35. The first-order valence-electron chi connectivity index (χ1n) is 5.80. The van der Waals surface area contributed by atoms with Crippen molar-refractivity contribution in [3.63, 3.8) is 0 Å². The van der Waals surface area contributed by atoms with Crippen molar-refractivity contribution in [2.75, 3.05) is 5.33 Å². The van der Waals surface area contributed by atoms with Gasteiger partial charge in [-0.15, -0.1) is 0 Å². The van der Waals surface area contributed by atoms with Crippen LogP contribution in [-0.4, -0.2) is 5.33 Å². The largest absolute Gasteiger partial charge is 0.0928 e. The van der Waals surface area contributed by atoms with Crippen molar-refractivity contribution in [1.82, 2.24) is 0 Å². The third-order valence-corrected chi connectivity index (χ3v) is 4.14. The van der Waals surface area contributed by atoms with Crippen molar-refractivity contribution < 1.29 is 0 Å². The van der Waals surface area contributed by atoms with Gasteiger partial charge < -0.3 is 0 Å². The molecule has 1 rings (SSSR count). The molecule has 0 aliphatic heterocycles. The second kappa shape index (κ2) is 6.06. The molecule has 1 saturated carbocycles. The highest BCUT2D eigenvalue weighted by atomic mass is 79.9. The quantitative estimate of drug-likeness (QED) is 0.635. The topological polar surface area (TPSA) is 0 Å². The van der Waals surface area contributed by atoms with Gasteiger partial charge in [0, 0.05) is 5.33 Å². The minimum absolute atomic E-state index is 0.914. The molecular formula is C12H23Br. The highest BCUT2D eigenvalue weighted by molar-refractivity contribution is 9.09. The fraction of sp³-hybridized carbons (Fsp3) is 1.00. The van der Waals surface area contributed by atoms with Gasteiger partial charge in [0.15, 0.2) is 0 Å². The predicted molar refractivity (Wildman–Crippen MR) is 63.3 cm³/mol. The van der Waals surface area contributed by atoms with Crippen molar-refractivity contribution in [2.45, 2.75) is 52.4 Å². The standard InChI is InChI=1S/C12H23Br/c1-10(2)12-7-5-11(6-8-12)4-3-9-13/h10-12H,3-9H2,1-2H3.